The van der Waals surface area contributed by atoms with Crippen molar-refractivity contribution in [2.24, 2.45) is 0 Å². The zero-order valence-electron chi connectivity index (χ0n) is 8.55. The summed E-state index contributed by atoms with van der Waals surface area (Å²) in [6, 6.07) is 0. The standard InChI is InChI=1S/C10H20O2Si/c13-10(6-2-4-8-12-10)9-5-1-3-7-11-9/h9H,1-8H2,13H3. The van der Waals surface area contributed by atoms with E-state index in [1.807, 2.05) is 0 Å². The molecule has 0 amide bonds. The van der Waals surface area contributed by atoms with E-state index in [4.69, 9.17) is 9.47 Å². The van der Waals surface area contributed by atoms with Gasteiger partial charge in [0.1, 0.15) is 0 Å². The largest absolute Gasteiger partial charge is 0.377 e. The van der Waals surface area contributed by atoms with Gasteiger partial charge in [-0.1, -0.05) is 0 Å². The highest BCUT2D eigenvalue weighted by Crippen LogP contribution is 2.31. The highest BCUT2D eigenvalue weighted by atomic mass is 28.1. The first-order valence-corrected chi connectivity index (χ1v) is 6.57. The molecule has 13 heavy (non-hydrogen) atoms. The van der Waals surface area contributed by atoms with Gasteiger partial charge in [0, 0.05) is 23.5 Å². The molecule has 2 aliphatic rings. The zero-order chi connectivity index (χ0) is 9.15. The van der Waals surface area contributed by atoms with Crippen molar-refractivity contribution in [2.75, 3.05) is 13.2 Å². The van der Waals surface area contributed by atoms with Crippen LogP contribution in [0.3, 0.4) is 0 Å². The normalized spacial score (nSPS) is 42.0. The average Bonchev–Trinajstić information content (AvgIpc) is 2.20. The lowest BCUT2D eigenvalue weighted by Crippen LogP contribution is -2.50. The van der Waals surface area contributed by atoms with Crippen molar-refractivity contribution in [1.82, 2.24) is 0 Å². The average molecular weight is 200 g/mol. The van der Waals surface area contributed by atoms with Gasteiger partial charge in [0.15, 0.2) is 0 Å². The second-order valence-corrected chi connectivity index (χ2v) is 6.17. The zero-order valence-corrected chi connectivity index (χ0v) is 10.6. The van der Waals surface area contributed by atoms with Crippen LogP contribution in [0.1, 0.15) is 38.5 Å². The van der Waals surface area contributed by atoms with E-state index in [0.29, 0.717) is 6.10 Å². The van der Waals surface area contributed by atoms with Crippen LogP contribution in [0.25, 0.3) is 0 Å². The summed E-state index contributed by atoms with van der Waals surface area (Å²) in [5.74, 6) is 0. The molecule has 2 aliphatic heterocycles. The third-order valence-electron chi connectivity index (χ3n) is 3.36. The third kappa shape index (κ3) is 2.14. The molecule has 0 bridgehead atoms. The van der Waals surface area contributed by atoms with Crippen LogP contribution in [0.4, 0.5) is 0 Å². The van der Waals surface area contributed by atoms with Crippen molar-refractivity contribution >= 4 is 10.2 Å². The quantitative estimate of drug-likeness (QED) is 0.583. The Hall–Kier alpha value is 0.137. The highest BCUT2D eigenvalue weighted by Gasteiger charge is 2.37. The summed E-state index contributed by atoms with van der Waals surface area (Å²) in [6.07, 6.45) is 8.05. The molecular weight excluding hydrogens is 180 g/mol. The molecule has 2 unspecified atom stereocenters. The lowest BCUT2D eigenvalue weighted by Gasteiger charge is -2.42. The molecule has 0 N–H and O–H groups in total. The summed E-state index contributed by atoms with van der Waals surface area (Å²) in [7, 11) is 1.12. The first-order valence-electron chi connectivity index (χ1n) is 5.57. The Morgan fingerprint density at radius 2 is 1.92 bits per heavy atom. The summed E-state index contributed by atoms with van der Waals surface area (Å²) in [6.45, 7) is 1.92. The first kappa shape index (κ1) is 9.68. The maximum Gasteiger partial charge on any atom is 0.0824 e. The molecular formula is C10H20O2Si. The number of hydrogen-bond acceptors (Lipinski definition) is 2. The number of hydrogen-bond donors (Lipinski definition) is 0. The maximum absolute atomic E-state index is 5.94. The van der Waals surface area contributed by atoms with Crippen LogP contribution in [-0.4, -0.2) is 34.8 Å². The SMILES string of the molecule is [SiH3]C1(C2CCCCO2)CCCCO1. The molecule has 76 valence electrons. The van der Waals surface area contributed by atoms with E-state index in [2.05, 4.69) is 0 Å². The number of rotatable bonds is 1. The summed E-state index contributed by atoms with van der Waals surface area (Å²) in [5.41, 5.74) is 0. The lowest BCUT2D eigenvalue weighted by molar-refractivity contribution is -0.133. The van der Waals surface area contributed by atoms with Gasteiger partial charge in [-0.25, -0.2) is 0 Å². The molecule has 0 spiro atoms. The summed E-state index contributed by atoms with van der Waals surface area (Å²) in [5, 5.41) is 0.165. The predicted molar refractivity (Wildman–Crippen MR) is 56.1 cm³/mol. The Morgan fingerprint density at radius 3 is 2.54 bits per heavy atom. The first-order chi connectivity index (χ1) is 6.31. The van der Waals surface area contributed by atoms with E-state index in [1.54, 1.807) is 0 Å². The summed E-state index contributed by atoms with van der Waals surface area (Å²) >= 11 is 0. The van der Waals surface area contributed by atoms with Crippen LogP contribution in [-0.2, 0) is 9.47 Å². The lowest BCUT2D eigenvalue weighted by atomic mass is 9.97. The Bertz CT molecular complexity index is 160. The molecule has 2 rings (SSSR count). The Balaban J connectivity index is 1.94. The molecule has 2 saturated heterocycles. The van der Waals surface area contributed by atoms with Gasteiger partial charge in [-0.3, -0.25) is 0 Å². The van der Waals surface area contributed by atoms with Crippen molar-refractivity contribution in [2.45, 2.75) is 49.9 Å². The summed E-state index contributed by atoms with van der Waals surface area (Å²) < 4.78 is 11.8. The minimum Gasteiger partial charge on any atom is -0.377 e. The van der Waals surface area contributed by atoms with Crippen molar-refractivity contribution < 1.29 is 9.47 Å². The van der Waals surface area contributed by atoms with Gasteiger partial charge in [-0.15, -0.1) is 0 Å². The van der Waals surface area contributed by atoms with E-state index in [0.717, 1.165) is 23.5 Å². The molecule has 0 radical (unpaired) electrons. The van der Waals surface area contributed by atoms with E-state index in [9.17, 15) is 0 Å². The molecule has 2 nitrogen and oxygen atoms in total. The molecule has 0 aromatic carbocycles. The fourth-order valence-corrected chi connectivity index (χ4v) is 3.44. The fraction of sp³-hybridized carbons (Fsp3) is 1.00. The minimum atomic E-state index is 0.165. The molecule has 0 saturated carbocycles. The molecule has 0 aromatic heterocycles. The van der Waals surface area contributed by atoms with Crippen LogP contribution < -0.4 is 0 Å². The van der Waals surface area contributed by atoms with Crippen molar-refractivity contribution in [1.29, 1.82) is 0 Å². The van der Waals surface area contributed by atoms with Gasteiger partial charge in [-0.2, -0.15) is 0 Å². The van der Waals surface area contributed by atoms with Gasteiger partial charge in [-0.05, 0) is 38.5 Å². The molecule has 0 aromatic rings. The Morgan fingerprint density at radius 1 is 1.08 bits per heavy atom. The molecule has 2 fully saturated rings. The topological polar surface area (TPSA) is 18.5 Å². The molecule has 2 atom stereocenters. The Labute approximate surface area is 83.4 Å². The molecule has 3 heteroatoms. The highest BCUT2D eigenvalue weighted by molar-refractivity contribution is 6.15. The minimum absolute atomic E-state index is 0.165. The van der Waals surface area contributed by atoms with Gasteiger partial charge >= 0.3 is 0 Å². The predicted octanol–water partition coefficient (Wildman–Crippen LogP) is 0.818. The smallest absolute Gasteiger partial charge is 0.0824 e. The second-order valence-electron chi connectivity index (χ2n) is 4.47. The Kier molecular flexibility index (Phi) is 3.06. The van der Waals surface area contributed by atoms with E-state index >= 15 is 0 Å². The summed E-state index contributed by atoms with van der Waals surface area (Å²) in [4.78, 5) is 0. The second kappa shape index (κ2) is 4.11. The monoisotopic (exact) mass is 200 g/mol. The third-order valence-corrected chi connectivity index (χ3v) is 4.79. The van der Waals surface area contributed by atoms with Crippen LogP contribution >= 0.6 is 0 Å². The van der Waals surface area contributed by atoms with Crippen LogP contribution in [0.5, 0.6) is 0 Å². The van der Waals surface area contributed by atoms with Gasteiger partial charge < -0.3 is 9.47 Å². The van der Waals surface area contributed by atoms with Crippen molar-refractivity contribution in [3.63, 3.8) is 0 Å². The van der Waals surface area contributed by atoms with E-state index < -0.39 is 0 Å². The van der Waals surface area contributed by atoms with Crippen LogP contribution in [0, 0.1) is 0 Å². The van der Waals surface area contributed by atoms with Crippen LogP contribution in [0.15, 0.2) is 0 Å². The van der Waals surface area contributed by atoms with Crippen LogP contribution in [0.2, 0.25) is 0 Å². The molecule has 0 aliphatic carbocycles. The maximum atomic E-state index is 5.94. The van der Waals surface area contributed by atoms with Gasteiger partial charge in [0.2, 0.25) is 0 Å². The van der Waals surface area contributed by atoms with Gasteiger partial charge in [0.25, 0.3) is 0 Å². The van der Waals surface area contributed by atoms with Crippen molar-refractivity contribution in [3.8, 4) is 0 Å². The molecule has 2 heterocycles. The fourth-order valence-electron chi connectivity index (χ4n) is 2.43. The van der Waals surface area contributed by atoms with E-state index in [1.165, 1.54) is 38.5 Å². The van der Waals surface area contributed by atoms with Crippen molar-refractivity contribution in [3.05, 3.63) is 0 Å². The number of ether oxygens (including phenoxy) is 2. The van der Waals surface area contributed by atoms with E-state index in [-0.39, 0.29) is 5.22 Å². The van der Waals surface area contributed by atoms with Gasteiger partial charge in [0.05, 0.1) is 11.3 Å².